The molecule has 2 nitrogen and oxygen atoms in total. The first-order valence-electron chi connectivity index (χ1n) is 3.24. The molecule has 0 saturated carbocycles. The highest BCUT2D eigenvalue weighted by atomic mass is 19.4. The van der Waals surface area contributed by atoms with E-state index in [0.29, 0.717) is 0 Å². The molecule has 0 aliphatic rings. The van der Waals surface area contributed by atoms with Gasteiger partial charge >= 0.3 is 6.18 Å². The number of aliphatic hydroxyl groups is 1. The first-order valence-corrected chi connectivity index (χ1v) is 3.24. The molecule has 1 N–H and O–H groups in total. The fourth-order valence-corrected chi connectivity index (χ4v) is 0.442. The fraction of sp³-hybridized carbons (Fsp3) is 1.00. The molecule has 0 radical (unpaired) electrons. The van der Waals surface area contributed by atoms with Gasteiger partial charge in [0.2, 0.25) is 0 Å². The average molecular weight is 172 g/mol. The van der Waals surface area contributed by atoms with Crippen LogP contribution in [0.15, 0.2) is 0 Å². The van der Waals surface area contributed by atoms with Gasteiger partial charge in [-0.1, -0.05) is 0 Å². The second-order valence-electron chi connectivity index (χ2n) is 2.29. The molecular formula is C6H11F3O2. The van der Waals surface area contributed by atoms with E-state index in [9.17, 15) is 13.2 Å². The number of aliphatic hydroxyl groups excluding tert-OH is 1. The molecule has 0 bridgehead atoms. The van der Waals surface area contributed by atoms with Crippen molar-refractivity contribution in [3.8, 4) is 0 Å². The van der Waals surface area contributed by atoms with E-state index in [2.05, 4.69) is 4.74 Å². The minimum absolute atomic E-state index is 0.0456. The molecule has 1 atom stereocenters. The fourth-order valence-electron chi connectivity index (χ4n) is 0.442. The highest BCUT2D eigenvalue weighted by Crippen LogP contribution is 2.18. The van der Waals surface area contributed by atoms with Crippen LogP contribution in [0, 0.1) is 0 Å². The maximum atomic E-state index is 11.4. The summed E-state index contributed by atoms with van der Waals surface area (Å²) in [4.78, 5) is 0. The predicted octanol–water partition coefficient (Wildman–Crippen LogP) is 1.34. The van der Waals surface area contributed by atoms with Gasteiger partial charge in [0, 0.05) is 0 Å². The van der Waals surface area contributed by atoms with Gasteiger partial charge in [0.15, 0.2) is 0 Å². The quantitative estimate of drug-likeness (QED) is 0.648. The molecule has 0 aromatic carbocycles. The monoisotopic (exact) mass is 172 g/mol. The topological polar surface area (TPSA) is 29.5 Å². The smallest absolute Gasteiger partial charge is 0.391 e. The van der Waals surface area contributed by atoms with E-state index in [4.69, 9.17) is 5.11 Å². The van der Waals surface area contributed by atoms with Gasteiger partial charge in [0.05, 0.1) is 25.7 Å². The van der Waals surface area contributed by atoms with Crippen molar-refractivity contribution in [1.29, 1.82) is 0 Å². The van der Waals surface area contributed by atoms with Crippen molar-refractivity contribution in [2.75, 3.05) is 13.2 Å². The van der Waals surface area contributed by atoms with Crippen LogP contribution >= 0.6 is 0 Å². The summed E-state index contributed by atoms with van der Waals surface area (Å²) in [6.45, 7) is 1.03. The number of alkyl halides is 3. The van der Waals surface area contributed by atoms with Gasteiger partial charge in [-0.2, -0.15) is 13.2 Å². The van der Waals surface area contributed by atoms with Crippen LogP contribution in [0.25, 0.3) is 0 Å². The van der Waals surface area contributed by atoms with Crippen LogP contribution in [0.5, 0.6) is 0 Å². The first kappa shape index (κ1) is 10.7. The normalized spacial score (nSPS) is 15.0. The molecule has 68 valence electrons. The molecule has 0 amide bonds. The third-order valence-electron chi connectivity index (χ3n) is 0.889. The SMILES string of the molecule is CC(O)COCCC(F)(F)F. The Labute approximate surface area is 63.0 Å². The molecule has 0 fully saturated rings. The largest absolute Gasteiger partial charge is 0.391 e. The van der Waals surface area contributed by atoms with Gasteiger partial charge in [-0.25, -0.2) is 0 Å². The highest BCUT2D eigenvalue weighted by molar-refractivity contribution is 4.49. The Morgan fingerprint density at radius 2 is 2.00 bits per heavy atom. The summed E-state index contributed by atoms with van der Waals surface area (Å²) >= 11 is 0. The molecule has 0 rings (SSSR count). The van der Waals surface area contributed by atoms with Gasteiger partial charge in [-0.15, -0.1) is 0 Å². The van der Waals surface area contributed by atoms with Gasteiger partial charge in [-0.05, 0) is 6.92 Å². The van der Waals surface area contributed by atoms with E-state index in [1.54, 1.807) is 0 Å². The first-order chi connectivity index (χ1) is 4.92. The summed E-state index contributed by atoms with van der Waals surface area (Å²) in [5.41, 5.74) is 0. The lowest BCUT2D eigenvalue weighted by molar-refractivity contribution is -0.146. The van der Waals surface area contributed by atoms with Crippen molar-refractivity contribution >= 4 is 0 Å². The van der Waals surface area contributed by atoms with Crippen LogP contribution in [0.3, 0.4) is 0 Å². The molecule has 0 aliphatic heterocycles. The molecule has 5 heteroatoms. The van der Waals surface area contributed by atoms with Crippen molar-refractivity contribution in [2.24, 2.45) is 0 Å². The van der Waals surface area contributed by atoms with Crippen LogP contribution in [0.1, 0.15) is 13.3 Å². The summed E-state index contributed by atoms with van der Waals surface area (Å²) in [6.07, 6.45) is -5.83. The Hall–Kier alpha value is -0.290. The van der Waals surface area contributed by atoms with Crippen LogP contribution < -0.4 is 0 Å². The van der Waals surface area contributed by atoms with E-state index in [1.807, 2.05) is 0 Å². The lowest BCUT2D eigenvalue weighted by Gasteiger charge is -2.07. The van der Waals surface area contributed by atoms with E-state index in [1.165, 1.54) is 6.92 Å². The van der Waals surface area contributed by atoms with Crippen molar-refractivity contribution in [1.82, 2.24) is 0 Å². The van der Waals surface area contributed by atoms with Crippen LogP contribution in [-0.4, -0.2) is 30.6 Å². The molecule has 0 spiro atoms. The number of hydrogen-bond donors (Lipinski definition) is 1. The van der Waals surface area contributed by atoms with E-state index < -0.39 is 18.7 Å². The van der Waals surface area contributed by atoms with Crippen LogP contribution in [0.4, 0.5) is 13.2 Å². The summed E-state index contributed by atoms with van der Waals surface area (Å²) in [7, 11) is 0. The molecule has 0 aromatic heterocycles. The minimum Gasteiger partial charge on any atom is -0.391 e. The summed E-state index contributed by atoms with van der Waals surface area (Å²) in [5, 5.41) is 8.58. The summed E-state index contributed by atoms with van der Waals surface area (Å²) in [6, 6.07) is 0. The van der Waals surface area contributed by atoms with Crippen molar-refractivity contribution in [3.63, 3.8) is 0 Å². The van der Waals surface area contributed by atoms with Crippen molar-refractivity contribution < 1.29 is 23.0 Å². The summed E-state index contributed by atoms with van der Waals surface area (Å²) < 4.78 is 38.8. The predicted molar refractivity (Wildman–Crippen MR) is 33.2 cm³/mol. The van der Waals surface area contributed by atoms with E-state index in [-0.39, 0.29) is 13.2 Å². The number of halogens is 3. The zero-order valence-electron chi connectivity index (χ0n) is 6.19. The lowest BCUT2D eigenvalue weighted by atomic mass is 10.4. The third kappa shape index (κ3) is 9.71. The molecule has 1 unspecified atom stereocenters. The van der Waals surface area contributed by atoms with Crippen molar-refractivity contribution in [3.05, 3.63) is 0 Å². The van der Waals surface area contributed by atoms with Gasteiger partial charge in [0.1, 0.15) is 0 Å². The maximum absolute atomic E-state index is 11.4. The molecule has 0 aliphatic carbocycles. The molecule has 0 saturated heterocycles. The van der Waals surface area contributed by atoms with Gasteiger partial charge < -0.3 is 9.84 Å². The Bertz CT molecular complexity index is 100. The molecular weight excluding hydrogens is 161 g/mol. The number of rotatable bonds is 4. The Kier molecular flexibility index (Phi) is 4.44. The zero-order chi connectivity index (χ0) is 8.91. The van der Waals surface area contributed by atoms with E-state index >= 15 is 0 Å². The molecule has 11 heavy (non-hydrogen) atoms. The van der Waals surface area contributed by atoms with E-state index in [0.717, 1.165) is 0 Å². The van der Waals surface area contributed by atoms with Gasteiger partial charge in [0.25, 0.3) is 0 Å². The maximum Gasteiger partial charge on any atom is 0.391 e. The zero-order valence-corrected chi connectivity index (χ0v) is 6.19. The summed E-state index contributed by atoms with van der Waals surface area (Å²) in [5.74, 6) is 0. The third-order valence-corrected chi connectivity index (χ3v) is 0.889. The second-order valence-corrected chi connectivity index (χ2v) is 2.29. The molecule has 0 heterocycles. The lowest BCUT2D eigenvalue weighted by Crippen LogP contribution is -2.16. The Balaban J connectivity index is 3.15. The second kappa shape index (κ2) is 4.56. The average Bonchev–Trinajstić information content (AvgIpc) is 1.78. The Morgan fingerprint density at radius 1 is 1.45 bits per heavy atom. The van der Waals surface area contributed by atoms with Crippen LogP contribution in [0.2, 0.25) is 0 Å². The highest BCUT2D eigenvalue weighted by Gasteiger charge is 2.26. The standard InChI is InChI=1S/C6H11F3O2/c1-5(10)4-11-3-2-6(7,8)9/h5,10H,2-4H2,1H3. The Morgan fingerprint density at radius 3 is 2.36 bits per heavy atom. The van der Waals surface area contributed by atoms with Gasteiger partial charge in [-0.3, -0.25) is 0 Å². The van der Waals surface area contributed by atoms with Crippen molar-refractivity contribution in [2.45, 2.75) is 25.6 Å². The number of ether oxygens (including phenoxy) is 1. The van der Waals surface area contributed by atoms with Crippen LogP contribution in [-0.2, 0) is 4.74 Å². The number of hydrogen-bond acceptors (Lipinski definition) is 2. The molecule has 0 aromatic rings. The minimum atomic E-state index is -4.17.